The van der Waals surface area contributed by atoms with Crippen molar-refractivity contribution in [2.75, 3.05) is 12.4 Å². The molecule has 1 aromatic heterocycles. The minimum absolute atomic E-state index is 0.129. The van der Waals surface area contributed by atoms with E-state index in [1.54, 1.807) is 18.2 Å². The fraction of sp³-hybridized carbons (Fsp3) is 0.591. The summed E-state index contributed by atoms with van der Waals surface area (Å²) < 4.78 is 35.4. The number of nitrogens with zero attached hydrogens (tertiary/aromatic N) is 3. The molecule has 0 amide bonds. The van der Waals surface area contributed by atoms with Crippen molar-refractivity contribution in [3.05, 3.63) is 41.5 Å². The lowest BCUT2D eigenvalue weighted by Gasteiger charge is -2.14. The Kier molecular flexibility index (Phi) is 8.24. The number of halogens is 2. The van der Waals surface area contributed by atoms with Gasteiger partial charge in [0.25, 0.3) is 0 Å². The highest BCUT2D eigenvalue weighted by atomic mass is 32.2. The first-order valence-electron chi connectivity index (χ1n) is 10.7. The predicted octanol–water partition coefficient (Wildman–Crippen LogP) is 5.66. The molecule has 0 saturated carbocycles. The molecule has 0 radical (unpaired) electrons. The number of carbonyl (C=O) groups excluding carboxylic acids is 1. The van der Waals surface area contributed by atoms with Crippen LogP contribution in [0, 0.1) is 11.7 Å². The van der Waals surface area contributed by atoms with E-state index in [2.05, 4.69) is 23.9 Å². The molecule has 1 unspecified atom stereocenters. The third-order valence-corrected chi connectivity index (χ3v) is 6.31. The summed E-state index contributed by atoms with van der Waals surface area (Å²) in [7, 11) is 0. The van der Waals surface area contributed by atoms with Gasteiger partial charge in [0, 0.05) is 17.7 Å². The second kappa shape index (κ2) is 10.9. The van der Waals surface area contributed by atoms with Gasteiger partial charge in [0.15, 0.2) is 12.0 Å². The highest BCUT2D eigenvalue weighted by Gasteiger charge is 2.36. The smallest absolute Gasteiger partial charge is 0.306 e. The summed E-state index contributed by atoms with van der Waals surface area (Å²) in [6, 6.07) is 5.85. The number of benzene rings is 1. The molecule has 2 aromatic rings. The number of esters is 1. The lowest BCUT2D eigenvalue weighted by molar-refractivity contribution is -0.144. The van der Waals surface area contributed by atoms with Gasteiger partial charge >= 0.3 is 5.97 Å². The van der Waals surface area contributed by atoms with Crippen LogP contribution in [0.4, 0.5) is 8.78 Å². The minimum Gasteiger partial charge on any atom is -0.465 e. The van der Waals surface area contributed by atoms with Gasteiger partial charge in [-0.3, -0.25) is 4.79 Å². The van der Waals surface area contributed by atoms with E-state index in [0.29, 0.717) is 29.0 Å². The van der Waals surface area contributed by atoms with Crippen molar-refractivity contribution in [2.45, 2.75) is 69.7 Å². The topological polar surface area (TPSA) is 57.0 Å². The number of ether oxygens (including phenoxy) is 1. The molecule has 30 heavy (non-hydrogen) atoms. The van der Waals surface area contributed by atoms with Gasteiger partial charge in [0.05, 0.1) is 19.1 Å². The van der Waals surface area contributed by atoms with Crippen LogP contribution < -0.4 is 0 Å². The molecule has 0 fully saturated rings. The molecule has 1 aliphatic rings. The summed E-state index contributed by atoms with van der Waals surface area (Å²) in [5, 5.41) is 4.77. The van der Waals surface area contributed by atoms with Crippen molar-refractivity contribution in [3.63, 3.8) is 0 Å². The Balaban J connectivity index is 1.51. The molecule has 8 heteroatoms. The van der Waals surface area contributed by atoms with Crippen LogP contribution in [-0.4, -0.2) is 33.1 Å². The van der Waals surface area contributed by atoms with Gasteiger partial charge in [-0.2, -0.15) is 0 Å². The molecule has 1 aliphatic heterocycles. The number of aromatic nitrogens is 3. The maximum absolute atomic E-state index is 14.4. The summed E-state index contributed by atoms with van der Waals surface area (Å²) in [6.07, 6.45) is 3.45. The quantitative estimate of drug-likeness (QED) is 0.335. The Labute approximate surface area is 180 Å². The number of hydrogen-bond acceptors (Lipinski definition) is 5. The second-order valence-corrected chi connectivity index (χ2v) is 8.70. The van der Waals surface area contributed by atoms with E-state index in [-0.39, 0.29) is 30.5 Å². The number of fused-ring (bicyclic) bond motifs is 1. The first-order valence-corrected chi connectivity index (χ1v) is 11.6. The van der Waals surface area contributed by atoms with Gasteiger partial charge in [0.2, 0.25) is 5.16 Å². The van der Waals surface area contributed by atoms with E-state index in [1.807, 2.05) is 0 Å². The van der Waals surface area contributed by atoms with Crippen molar-refractivity contribution < 1.29 is 18.3 Å². The van der Waals surface area contributed by atoms with Gasteiger partial charge in [-0.05, 0) is 18.4 Å². The molecular weight excluding hydrogens is 408 g/mol. The Hall–Kier alpha value is -1.96. The van der Waals surface area contributed by atoms with Crippen LogP contribution in [0.2, 0.25) is 0 Å². The van der Waals surface area contributed by atoms with E-state index in [4.69, 9.17) is 4.74 Å². The molecule has 0 spiro atoms. The van der Waals surface area contributed by atoms with Crippen LogP contribution in [0.1, 0.15) is 76.0 Å². The van der Waals surface area contributed by atoms with Crippen molar-refractivity contribution in [1.82, 2.24) is 14.8 Å². The summed E-state index contributed by atoms with van der Waals surface area (Å²) in [4.78, 5) is 16.3. The number of rotatable bonds is 11. The van der Waals surface area contributed by atoms with Gasteiger partial charge in [0.1, 0.15) is 5.82 Å². The van der Waals surface area contributed by atoms with Gasteiger partial charge < -0.3 is 4.74 Å². The summed E-state index contributed by atoms with van der Waals surface area (Å²) in [6.45, 7) is 4.73. The molecule has 164 valence electrons. The molecule has 0 saturated heterocycles. The number of thioether (sulfide) groups is 1. The molecule has 2 heterocycles. The fourth-order valence-electron chi connectivity index (χ4n) is 3.63. The molecule has 0 bridgehead atoms. The monoisotopic (exact) mass is 437 g/mol. The fourth-order valence-corrected chi connectivity index (χ4v) is 4.39. The lowest BCUT2D eigenvalue weighted by atomic mass is 10.0. The van der Waals surface area contributed by atoms with Gasteiger partial charge in [-0.25, -0.2) is 18.4 Å². The average Bonchev–Trinajstić information content (AvgIpc) is 3.28. The summed E-state index contributed by atoms with van der Waals surface area (Å²) >= 11 is 1.29. The highest BCUT2D eigenvalue weighted by molar-refractivity contribution is 7.99. The van der Waals surface area contributed by atoms with Crippen molar-refractivity contribution >= 4 is 17.7 Å². The molecule has 3 rings (SSSR count). The van der Waals surface area contributed by atoms with Crippen LogP contribution in [0.25, 0.3) is 0 Å². The van der Waals surface area contributed by atoms with Crippen LogP contribution in [0.3, 0.4) is 0 Å². The maximum atomic E-state index is 14.4. The predicted molar refractivity (Wildman–Crippen MR) is 113 cm³/mol. The van der Waals surface area contributed by atoms with E-state index in [9.17, 15) is 13.6 Å². The minimum atomic E-state index is -1.28. The summed E-state index contributed by atoms with van der Waals surface area (Å²) in [5.41, 5.74) is 0.414. The Morgan fingerprint density at radius 1 is 1.37 bits per heavy atom. The lowest BCUT2D eigenvalue weighted by Crippen LogP contribution is -2.14. The Morgan fingerprint density at radius 2 is 2.17 bits per heavy atom. The van der Waals surface area contributed by atoms with E-state index in [1.165, 1.54) is 22.5 Å². The Bertz CT molecular complexity index is 846. The van der Waals surface area contributed by atoms with Crippen molar-refractivity contribution in [3.8, 4) is 0 Å². The third-order valence-electron chi connectivity index (χ3n) is 5.47. The standard InChI is InChI=1S/C22H29F2N3O2S/c1-3-5-8-15(4-2)14-29-20(28)11-12-30-22-25-21-18(24)13-19(27(21)26-22)16-9-6-7-10-17(16)23/h6-7,9-10,15,18-19H,3-5,8,11-14H2,1-2H3/t15?,18-,19-/m0/s1. The second-order valence-electron chi connectivity index (χ2n) is 7.64. The number of carbonyl (C=O) groups is 1. The zero-order valence-corrected chi connectivity index (χ0v) is 18.3. The zero-order valence-electron chi connectivity index (χ0n) is 17.5. The molecule has 5 nitrogen and oxygen atoms in total. The normalized spacial score (nSPS) is 18.9. The van der Waals surface area contributed by atoms with E-state index >= 15 is 0 Å². The SMILES string of the molecule is CCCCC(CC)COC(=O)CCSc1nc2n(n1)[C@H](c1ccccc1F)C[C@@H]2F. The van der Waals surface area contributed by atoms with Crippen LogP contribution in [0.5, 0.6) is 0 Å². The Morgan fingerprint density at radius 3 is 2.90 bits per heavy atom. The van der Waals surface area contributed by atoms with Crippen molar-refractivity contribution in [2.24, 2.45) is 5.92 Å². The number of unbranched alkanes of at least 4 members (excludes halogenated alkanes) is 1. The number of hydrogen-bond donors (Lipinski definition) is 0. The van der Waals surface area contributed by atoms with E-state index in [0.717, 1.165) is 25.7 Å². The first kappa shape index (κ1) is 22.7. The van der Waals surface area contributed by atoms with Gasteiger partial charge in [-0.1, -0.05) is 63.1 Å². The van der Waals surface area contributed by atoms with Crippen LogP contribution in [-0.2, 0) is 9.53 Å². The molecule has 3 atom stereocenters. The molecule has 0 aliphatic carbocycles. The van der Waals surface area contributed by atoms with E-state index < -0.39 is 12.2 Å². The summed E-state index contributed by atoms with van der Waals surface area (Å²) in [5.74, 6) is 0.470. The maximum Gasteiger partial charge on any atom is 0.306 e. The molecular formula is C22H29F2N3O2S. The molecule has 1 aromatic carbocycles. The van der Waals surface area contributed by atoms with Gasteiger partial charge in [-0.15, -0.1) is 5.10 Å². The van der Waals surface area contributed by atoms with Crippen LogP contribution in [0.15, 0.2) is 29.4 Å². The molecule has 0 N–H and O–H groups in total. The number of alkyl halides is 1. The zero-order chi connectivity index (χ0) is 21.5. The first-order chi connectivity index (χ1) is 14.5. The van der Waals surface area contributed by atoms with Crippen molar-refractivity contribution in [1.29, 1.82) is 0 Å². The third kappa shape index (κ3) is 5.59. The highest BCUT2D eigenvalue weighted by Crippen LogP contribution is 2.40. The largest absolute Gasteiger partial charge is 0.465 e. The average molecular weight is 438 g/mol. The van der Waals surface area contributed by atoms with Crippen LogP contribution >= 0.6 is 11.8 Å².